The lowest BCUT2D eigenvalue weighted by molar-refractivity contribution is -0.123. The van der Waals surface area contributed by atoms with Gasteiger partial charge in [-0.25, -0.2) is 0 Å². The summed E-state index contributed by atoms with van der Waals surface area (Å²) in [6, 6.07) is 14.2. The van der Waals surface area contributed by atoms with Crippen LogP contribution in [0.3, 0.4) is 0 Å². The number of benzene rings is 2. The highest BCUT2D eigenvalue weighted by molar-refractivity contribution is 5.86. The first-order valence-electron chi connectivity index (χ1n) is 15.7. The summed E-state index contributed by atoms with van der Waals surface area (Å²) in [5.41, 5.74) is 5.41. The normalized spacial score (nSPS) is 17.8. The number of hydrogen-bond donors (Lipinski definition) is 4. The van der Waals surface area contributed by atoms with Gasteiger partial charge < -0.3 is 31.2 Å². The summed E-state index contributed by atoms with van der Waals surface area (Å²) >= 11 is 0. The second-order valence-electron chi connectivity index (χ2n) is 11.2. The Balaban J connectivity index is 0.000000221. The van der Waals surface area contributed by atoms with Gasteiger partial charge in [-0.05, 0) is 96.2 Å². The molecule has 3 aliphatic heterocycles. The lowest BCUT2D eigenvalue weighted by Crippen LogP contribution is -2.40. The maximum absolute atomic E-state index is 11.9. The highest BCUT2D eigenvalue weighted by Gasteiger charge is 2.21. The zero-order chi connectivity index (χ0) is 30.6. The number of carbonyl (C=O) groups is 2. The number of rotatable bonds is 7. The molecule has 2 aromatic rings. The molecule has 0 aromatic heterocycles. The smallest absolute Gasteiger partial charge is 0.237 e. The van der Waals surface area contributed by atoms with Gasteiger partial charge in [0.15, 0.2) is 0 Å². The Morgan fingerprint density at radius 3 is 2.02 bits per heavy atom. The molecule has 2 amide bonds. The van der Waals surface area contributed by atoms with E-state index in [1.807, 2.05) is 25.2 Å². The lowest BCUT2D eigenvalue weighted by atomic mass is 10.1. The highest BCUT2D eigenvalue weighted by atomic mass is 16.2. The predicted molar refractivity (Wildman–Crippen MR) is 175 cm³/mol. The number of piperidine rings is 1. The second kappa shape index (κ2) is 20.6. The first-order chi connectivity index (χ1) is 20.4. The molecular weight excluding hydrogens is 524 g/mol. The summed E-state index contributed by atoms with van der Waals surface area (Å²) in [5, 5.41) is 16.5. The average Bonchev–Trinajstić information content (AvgIpc) is 3.78. The summed E-state index contributed by atoms with van der Waals surface area (Å²) in [6.45, 7) is 13.7. The number of amides is 2. The van der Waals surface area contributed by atoms with Crippen molar-refractivity contribution in [3.05, 3.63) is 64.7 Å². The Bertz CT molecular complexity index is 1020. The van der Waals surface area contributed by atoms with E-state index in [1.54, 1.807) is 4.90 Å². The zero-order valence-electron chi connectivity index (χ0n) is 26.4. The van der Waals surface area contributed by atoms with E-state index < -0.39 is 0 Å². The molecule has 1 unspecified atom stereocenters. The van der Waals surface area contributed by atoms with Gasteiger partial charge in [-0.1, -0.05) is 54.8 Å². The summed E-state index contributed by atoms with van der Waals surface area (Å²) < 4.78 is 0. The summed E-state index contributed by atoms with van der Waals surface area (Å²) in [7, 11) is 1.83. The number of hydrogen-bond acceptors (Lipinski definition) is 6. The van der Waals surface area contributed by atoms with Crippen molar-refractivity contribution >= 4 is 24.2 Å². The minimum absolute atomic E-state index is 0.0428. The van der Waals surface area contributed by atoms with Gasteiger partial charge in [-0.2, -0.15) is 0 Å². The molecule has 2 aromatic carbocycles. The molecule has 3 heterocycles. The van der Waals surface area contributed by atoms with Gasteiger partial charge in [0.2, 0.25) is 12.3 Å². The van der Waals surface area contributed by atoms with Crippen molar-refractivity contribution in [1.82, 2.24) is 20.4 Å². The number of carbonyl (C=O) groups excluding carboxylic acids is 2. The van der Waals surface area contributed by atoms with Crippen LogP contribution in [0.15, 0.2) is 42.5 Å². The quantitative estimate of drug-likeness (QED) is 0.270. The minimum atomic E-state index is -0.0428. The maximum atomic E-state index is 11.9. The van der Waals surface area contributed by atoms with Crippen molar-refractivity contribution in [2.24, 2.45) is 0 Å². The molecule has 0 saturated carbocycles. The van der Waals surface area contributed by atoms with Crippen LogP contribution in [0.1, 0.15) is 74.1 Å². The Labute approximate surface area is 254 Å². The van der Waals surface area contributed by atoms with E-state index in [4.69, 9.17) is 5.41 Å². The molecular formula is C34H54N6O2. The standard InChI is InChI=1S/C14H20N4O.C8H10.C7H15N.C5H9NO/c1-16-12-5-4-10(7-11(12)8-15)9-18-14(19)13-3-2-6-17-13;1-7-3-5-8(2)6-4-7;1-2-8-6-4-3-5-7-8;7-5-6-3-1-2-4-6/h4-5,7-8,13,15-17H,2-3,6,9H2,1H3,(H,18,19);3-6H,1-2H3;2-7H2,1H3;5H,1-4H2. The van der Waals surface area contributed by atoms with Crippen LogP contribution < -0.4 is 16.0 Å². The van der Waals surface area contributed by atoms with Crippen LogP contribution >= 0.6 is 0 Å². The third-order valence-corrected chi connectivity index (χ3v) is 7.79. The van der Waals surface area contributed by atoms with Gasteiger partial charge in [0.05, 0.1) is 6.04 Å². The molecule has 3 saturated heterocycles. The number of nitrogens with one attached hydrogen (secondary N) is 4. The van der Waals surface area contributed by atoms with E-state index in [1.165, 1.54) is 69.1 Å². The van der Waals surface area contributed by atoms with Crippen LogP contribution in [0.2, 0.25) is 0 Å². The minimum Gasteiger partial charge on any atom is -0.388 e. The molecule has 232 valence electrons. The molecule has 8 nitrogen and oxygen atoms in total. The third kappa shape index (κ3) is 13.6. The monoisotopic (exact) mass is 578 g/mol. The highest BCUT2D eigenvalue weighted by Crippen LogP contribution is 2.15. The van der Waals surface area contributed by atoms with E-state index in [9.17, 15) is 9.59 Å². The molecule has 4 N–H and O–H groups in total. The first-order valence-corrected chi connectivity index (χ1v) is 15.7. The van der Waals surface area contributed by atoms with Crippen molar-refractivity contribution < 1.29 is 9.59 Å². The summed E-state index contributed by atoms with van der Waals surface area (Å²) in [6.07, 6.45) is 10.9. The second-order valence-corrected chi connectivity index (χ2v) is 11.2. The predicted octanol–water partition coefficient (Wildman–Crippen LogP) is 5.13. The molecule has 8 heteroatoms. The van der Waals surface area contributed by atoms with Crippen molar-refractivity contribution in [3.8, 4) is 0 Å². The average molecular weight is 579 g/mol. The van der Waals surface area contributed by atoms with Gasteiger partial charge >= 0.3 is 0 Å². The molecule has 5 rings (SSSR count). The summed E-state index contributed by atoms with van der Waals surface area (Å²) in [4.78, 5) is 26.1. The molecule has 3 aliphatic rings. The van der Waals surface area contributed by atoms with Crippen LogP contribution in [-0.4, -0.2) is 80.7 Å². The lowest BCUT2D eigenvalue weighted by Gasteiger charge is -2.24. The van der Waals surface area contributed by atoms with Gasteiger partial charge in [0.1, 0.15) is 0 Å². The van der Waals surface area contributed by atoms with Gasteiger partial charge in [0, 0.05) is 44.1 Å². The van der Waals surface area contributed by atoms with Crippen LogP contribution in [0.4, 0.5) is 5.69 Å². The van der Waals surface area contributed by atoms with Crippen LogP contribution in [0.5, 0.6) is 0 Å². The number of nitrogens with zero attached hydrogens (tertiary/aromatic N) is 2. The molecule has 1 atom stereocenters. The van der Waals surface area contributed by atoms with Crippen molar-refractivity contribution in [2.45, 2.75) is 78.3 Å². The SMILES string of the molecule is CCN1CCCCC1.CNc1ccc(CNC(=O)C2CCCN2)cc1C=N.Cc1ccc(C)cc1.O=CN1CCCC1. The molecule has 0 aliphatic carbocycles. The van der Waals surface area contributed by atoms with E-state index in [-0.39, 0.29) is 11.9 Å². The zero-order valence-corrected chi connectivity index (χ0v) is 26.4. The topological polar surface area (TPSA) is 101 Å². The Kier molecular flexibility index (Phi) is 17.2. The van der Waals surface area contributed by atoms with Gasteiger partial charge in [0.25, 0.3) is 0 Å². The molecule has 0 bridgehead atoms. The van der Waals surface area contributed by atoms with Crippen LogP contribution in [0.25, 0.3) is 0 Å². The van der Waals surface area contributed by atoms with E-state index in [2.05, 4.69) is 65.9 Å². The molecule has 0 radical (unpaired) electrons. The van der Waals surface area contributed by atoms with Gasteiger partial charge in [-0.15, -0.1) is 0 Å². The van der Waals surface area contributed by atoms with Crippen molar-refractivity contribution in [1.29, 1.82) is 5.41 Å². The van der Waals surface area contributed by atoms with E-state index in [0.717, 1.165) is 55.7 Å². The Morgan fingerprint density at radius 2 is 1.57 bits per heavy atom. The van der Waals surface area contributed by atoms with E-state index in [0.29, 0.717) is 6.54 Å². The fraction of sp³-hybridized carbons (Fsp3) is 0.559. The van der Waals surface area contributed by atoms with E-state index >= 15 is 0 Å². The third-order valence-electron chi connectivity index (χ3n) is 7.79. The Hall–Kier alpha value is -3.23. The maximum Gasteiger partial charge on any atom is 0.237 e. The number of likely N-dealkylation sites (tertiary alicyclic amines) is 2. The Morgan fingerprint density at radius 1 is 0.952 bits per heavy atom. The molecule has 0 spiro atoms. The first kappa shape index (κ1) is 35.0. The summed E-state index contributed by atoms with van der Waals surface area (Å²) in [5.74, 6) is 0.0617. The number of aryl methyl sites for hydroxylation is 2. The molecule has 42 heavy (non-hydrogen) atoms. The van der Waals surface area contributed by atoms with Crippen molar-refractivity contribution in [2.75, 3.05) is 51.6 Å². The number of anilines is 1. The van der Waals surface area contributed by atoms with Crippen LogP contribution in [0, 0.1) is 19.3 Å². The fourth-order valence-electron chi connectivity index (χ4n) is 5.05. The molecule has 3 fully saturated rings. The fourth-order valence-corrected chi connectivity index (χ4v) is 5.05. The van der Waals surface area contributed by atoms with Crippen molar-refractivity contribution in [3.63, 3.8) is 0 Å². The van der Waals surface area contributed by atoms with Crippen LogP contribution in [-0.2, 0) is 16.1 Å². The largest absolute Gasteiger partial charge is 0.388 e. The van der Waals surface area contributed by atoms with Gasteiger partial charge in [-0.3, -0.25) is 9.59 Å².